The Morgan fingerprint density at radius 1 is 1.25 bits per heavy atom. The van der Waals surface area contributed by atoms with E-state index in [1.165, 1.54) is 0 Å². The number of fused-ring (bicyclic) bond motifs is 1. The molecule has 1 heterocycles. The van der Waals surface area contributed by atoms with Crippen molar-refractivity contribution in [3.8, 4) is 17.2 Å². The Labute approximate surface area is 117 Å². The van der Waals surface area contributed by atoms with Crippen LogP contribution in [-0.4, -0.2) is 31.4 Å². The third-order valence-electron chi connectivity index (χ3n) is 4.19. The van der Waals surface area contributed by atoms with E-state index in [-0.39, 0.29) is 0 Å². The van der Waals surface area contributed by atoms with Crippen molar-refractivity contribution in [3.63, 3.8) is 0 Å². The van der Waals surface area contributed by atoms with Gasteiger partial charge < -0.3 is 19.3 Å². The number of methoxy groups -OCH3 is 1. The van der Waals surface area contributed by atoms with Gasteiger partial charge in [0.2, 0.25) is 0 Å². The summed E-state index contributed by atoms with van der Waals surface area (Å²) in [5, 5.41) is 9.68. The number of hydrogen-bond acceptors (Lipinski definition) is 4. The molecule has 0 saturated heterocycles. The molecule has 20 heavy (non-hydrogen) atoms. The normalized spacial score (nSPS) is 19.6. The minimum atomic E-state index is -0.898. The first kappa shape index (κ1) is 13.1. The highest BCUT2D eigenvalue weighted by Crippen LogP contribution is 2.53. The van der Waals surface area contributed by atoms with Crippen LogP contribution in [0.2, 0.25) is 0 Å². The Kier molecular flexibility index (Phi) is 3.20. The highest BCUT2D eigenvalue weighted by molar-refractivity contribution is 5.85. The SMILES string of the molecule is COc1ccc2c(c1C1(C(=O)O)CCC1)OCCCO2. The number of benzene rings is 1. The number of carboxylic acid groups (broad SMARTS) is 1. The largest absolute Gasteiger partial charge is 0.496 e. The third kappa shape index (κ3) is 1.80. The molecule has 1 aromatic rings. The number of hydrogen-bond donors (Lipinski definition) is 1. The summed E-state index contributed by atoms with van der Waals surface area (Å²) in [7, 11) is 1.55. The molecular weight excluding hydrogens is 260 g/mol. The predicted molar refractivity (Wildman–Crippen MR) is 71.8 cm³/mol. The molecule has 5 heteroatoms. The number of carboxylic acids is 1. The van der Waals surface area contributed by atoms with Crippen molar-refractivity contribution in [2.24, 2.45) is 0 Å². The van der Waals surface area contributed by atoms with Gasteiger partial charge in [-0.25, -0.2) is 0 Å². The molecule has 0 bridgehead atoms. The van der Waals surface area contributed by atoms with Crippen molar-refractivity contribution in [1.82, 2.24) is 0 Å². The van der Waals surface area contributed by atoms with E-state index in [2.05, 4.69) is 0 Å². The lowest BCUT2D eigenvalue weighted by Crippen LogP contribution is -2.43. The zero-order valence-corrected chi connectivity index (χ0v) is 11.5. The monoisotopic (exact) mass is 278 g/mol. The van der Waals surface area contributed by atoms with E-state index in [9.17, 15) is 9.90 Å². The number of rotatable bonds is 3. The molecule has 1 saturated carbocycles. The Morgan fingerprint density at radius 3 is 2.60 bits per heavy atom. The van der Waals surface area contributed by atoms with Gasteiger partial charge in [-0.2, -0.15) is 0 Å². The smallest absolute Gasteiger partial charge is 0.314 e. The highest BCUT2D eigenvalue weighted by Gasteiger charge is 2.50. The van der Waals surface area contributed by atoms with Crippen LogP contribution in [0.3, 0.4) is 0 Å². The number of aliphatic carboxylic acids is 1. The molecule has 0 aromatic heterocycles. The van der Waals surface area contributed by atoms with E-state index >= 15 is 0 Å². The molecule has 2 aliphatic rings. The molecule has 0 radical (unpaired) electrons. The summed E-state index contributed by atoms with van der Waals surface area (Å²) >= 11 is 0. The first-order valence-electron chi connectivity index (χ1n) is 6.89. The summed E-state index contributed by atoms with van der Waals surface area (Å²) in [6, 6.07) is 3.56. The second kappa shape index (κ2) is 4.89. The van der Waals surface area contributed by atoms with Crippen molar-refractivity contribution >= 4 is 5.97 Å². The van der Waals surface area contributed by atoms with E-state index < -0.39 is 11.4 Å². The maximum atomic E-state index is 11.8. The third-order valence-corrected chi connectivity index (χ3v) is 4.19. The quantitative estimate of drug-likeness (QED) is 0.919. The Bertz CT molecular complexity index is 533. The summed E-state index contributed by atoms with van der Waals surface area (Å²) in [6.45, 7) is 1.11. The predicted octanol–water partition coefficient (Wildman–Crippen LogP) is 2.36. The first-order chi connectivity index (χ1) is 9.69. The summed E-state index contributed by atoms with van der Waals surface area (Å²) in [5.74, 6) is 0.912. The maximum Gasteiger partial charge on any atom is 0.314 e. The zero-order chi connectivity index (χ0) is 14.2. The molecule has 0 spiro atoms. The minimum Gasteiger partial charge on any atom is -0.496 e. The first-order valence-corrected chi connectivity index (χ1v) is 6.89. The summed E-state index contributed by atoms with van der Waals surface area (Å²) < 4.78 is 16.8. The van der Waals surface area contributed by atoms with Crippen molar-refractivity contribution in [2.45, 2.75) is 31.1 Å². The molecular formula is C15H18O5. The van der Waals surface area contributed by atoms with Crippen LogP contribution in [0.15, 0.2) is 12.1 Å². The van der Waals surface area contributed by atoms with Crippen LogP contribution < -0.4 is 14.2 Å². The second-order valence-electron chi connectivity index (χ2n) is 5.26. The van der Waals surface area contributed by atoms with Crippen LogP contribution in [0, 0.1) is 0 Å². The second-order valence-corrected chi connectivity index (χ2v) is 5.26. The topological polar surface area (TPSA) is 65.0 Å². The molecule has 5 nitrogen and oxygen atoms in total. The van der Waals surface area contributed by atoms with Crippen molar-refractivity contribution < 1.29 is 24.1 Å². The highest BCUT2D eigenvalue weighted by atomic mass is 16.5. The molecule has 0 unspecified atom stereocenters. The van der Waals surface area contributed by atoms with E-state index in [1.807, 2.05) is 0 Å². The van der Waals surface area contributed by atoms with Gasteiger partial charge in [0.05, 0.1) is 25.9 Å². The lowest BCUT2D eigenvalue weighted by atomic mass is 9.64. The van der Waals surface area contributed by atoms with E-state index in [4.69, 9.17) is 14.2 Å². The molecule has 1 aliphatic heterocycles. The van der Waals surface area contributed by atoms with Gasteiger partial charge in [-0.05, 0) is 25.0 Å². The van der Waals surface area contributed by atoms with Crippen molar-refractivity contribution in [1.29, 1.82) is 0 Å². The van der Waals surface area contributed by atoms with Crippen LogP contribution in [0.5, 0.6) is 17.2 Å². The van der Waals surface area contributed by atoms with Gasteiger partial charge in [0.1, 0.15) is 11.2 Å². The molecule has 3 rings (SSSR count). The molecule has 1 aromatic carbocycles. The van der Waals surface area contributed by atoms with Gasteiger partial charge in [0.25, 0.3) is 0 Å². The van der Waals surface area contributed by atoms with Crippen LogP contribution in [0.1, 0.15) is 31.2 Å². The fourth-order valence-corrected chi connectivity index (χ4v) is 2.94. The van der Waals surface area contributed by atoms with Crippen LogP contribution >= 0.6 is 0 Å². The maximum absolute atomic E-state index is 11.8. The molecule has 1 N–H and O–H groups in total. The molecule has 0 amide bonds. The van der Waals surface area contributed by atoms with Crippen LogP contribution in [-0.2, 0) is 10.2 Å². The van der Waals surface area contributed by atoms with E-state index in [0.717, 1.165) is 12.8 Å². The van der Waals surface area contributed by atoms with Gasteiger partial charge >= 0.3 is 5.97 Å². The molecule has 108 valence electrons. The van der Waals surface area contributed by atoms with E-state index in [1.54, 1.807) is 19.2 Å². The minimum absolute atomic E-state index is 0.531. The molecule has 1 aliphatic carbocycles. The lowest BCUT2D eigenvalue weighted by Gasteiger charge is -2.39. The Morgan fingerprint density at radius 2 is 2.00 bits per heavy atom. The molecule has 0 atom stereocenters. The van der Waals surface area contributed by atoms with Gasteiger partial charge in [-0.3, -0.25) is 4.79 Å². The van der Waals surface area contributed by atoms with Gasteiger partial charge in [-0.1, -0.05) is 6.42 Å². The van der Waals surface area contributed by atoms with Crippen molar-refractivity contribution in [2.75, 3.05) is 20.3 Å². The van der Waals surface area contributed by atoms with Gasteiger partial charge in [0.15, 0.2) is 11.5 Å². The lowest BCUT2D eigenvalue weighted by molar-refractivity contribution is -0.147. The Hall–Kier alpha value is -1.91. The van der Waals surface area contributed by atoms with Crippen LogP contribution in [0.4, 0.5) is 0 Å². The summed E-state index contributed by atoms with van der Waals surface area (Å²) in [6.07, 6.45) is 2.91. The molecule has 1 fully saturated rings. The number of carbonyl (C=O) groups is 1. The summed E-state index contributed by atoms with van der Waals surface area (Å²) in [5.41, 5.74) is -0.261. The van der Waals surface area contributed by atoms with Crippen LogP contribution in [0.25, 0.3) is 0 Å². The van der Waals surface area contributed by atoms with Crippen molar-refractivity contribution in [3.05, 3.63) is 17.7 Å². The fourth-order valence-electron chi connectivity index (χ4n) is 2.94. The number of ether oxygens (including phenoxy) is 3. The van der Waals surface area contributed by atoms with Gasteiger partial charge in [-0.15, -0.1) is 0 Å². The average Bonchev–Trinajstić information content (AvgIpc) is 2.62. The zero-order valence-electron chi connectivity index (χ0n) is 11.5. The van der Waals surface area contributed by atoms with Gasteiger partial charge in [0, 0.05) is 6.42 Å². The fraction of sp³-hybridized carbons (Fsp3) is 0.533. The standard InChI is InChI=1S/C15H18O5/c1-18-10-4-5-11-13(20-9-3-8-19-11)12(10)15(14(16)17)6-2-7-15/h4-5H,2-3,6-9H2,1H3,(H,16,17). The average molecular weight is 278 g/mol. The Balaban J connectivity index is 2.19. The summed E-state index contributed by atoms with van der Waals surface area (Å²) in [4.78, 5) is 11.8. The van der Waals surface area contributed by atoms with E-state index in [0.29, 0.717) is 48.9 Å².